The van der Waals surface area contributed by atoms with Gasteiger partial charge >= 0.3 is 0 Å². The Bertz CT molecular complexity index is 1060. The van der Waals surface area contributed by atoms with Crippen LogP contribution in [0, 0.1) is 0 Å². The highest BCUT2D eigenvalue weighted by Crippen LogP contribution is 2.41. The number of rotatable bonds is 5. The summed E-state index contributed by atoms with van der Waals surface area (Å²) in [4.78, 5) is 18.5. The van der Waals surface area contributed by atoms with Crippen molar-refractivity contribution in [2.24, 2.45) is 0 Å². The summed E-state index contributed by atoms with van der Waals surface area (Å²) in [7, 11) is 3.24. The van der Waals surface area contributed by atoms with Gasteiger partial charge in [-0.25, -0.2) is 0 Å². The maximum absolute atomic E-state index is 13.0. The normalized spacial score (nSPS) is 16.0. The molecule has 2 heterocycles. The number of methoxy groups -OCH3 is 2. The van der Waals surface area contributed by atoms with Crippen molar-refractivity contribution < 1.29 is 14.3 Å². The smallest absolute Gasteiger partial charge is 0.223 e. The third kappa shape index (κ3) is 3.44. The van der Waals surface area contributed by atoms with Crippen LogP contribution in [0.25, 0.3) is 10.9 Å². The first-order chi connectivity index (χ1) is 14.1. The van der Waals surface area contributed by atoms with Crippen molar-refractivity contribution in [3.63, 3.8) is 0 Å². The molecule has 3 aromatic rings. The molecule has 1 aliphatic heterocycles. The van der Waals surface area contributed by atoms with E-state index in [1.54, 1.807) is 14.2 Å². The molecule has 1 N–H and O–H groups in total. The number of hydrogen-bond acceptors (Lipinski definition) is 3. The van der Waals surface area contributed by atoms with Crippen LogP contribution in [0.4, 0.5) is 0 Å². The topological polar surface area (TPSA) is 54.6 Å². The zero-order valence-electron chi connectivity index (χ0n) is 16.9. The summed E-state index contributed by atoms with van der Waals surface area (Å²) < 4.78 is 10.9. The molecular formula is C23H25ClN2O3. The van der Waals surface area contributed by atoms with Crippen LogP contribution in [-0.4, -0.2) is 36.6 Å². The Balaban J connectivity index is 1.89. The Labute approximate surface area is 175 Å². The quantitative estimate of drug-likeness (QED) is 0.633. The molecule has 152 valence electrons. The molecular weight excluding hydrogens is 388 g/mol. The number of aromatic nitrogens is 1. The number of carbonyl (C=O) groups is 1. The number of benzene rings is 2. The van der Waals surface area contributed by atoms with Crippen LogP contribution < -0.4 is 9.47 Å². The van der Waals surface area contributed by atoms with Crippen molar-refractivity contribution in [1.82, 2.24) is 9.88 Å². The minimum absolute atomic E-state index is 0.162. The molecule has 5 nitrogen and oxygen atoms in total. The summed E-state index contributed by atoms with van der Waals surface area (Å²) in [5.74, 6) is 1.48. The summed E-state index contributed by atoms with van der Waals surface area (Å²) >= 11 is 6.26. The van der Waals surface area contributed by atoms with Crippen molar-refractivity contribution in [3.8, 4) is 11.5 Å². The lowest BCUT2D eigenvalue weighted by molar-refractivity contribution is -0.133. The molecule has 1 amide bonds. The van der Waals surface area contributed by atoms with Gasteiger partial charge in [0.05, 0.1) is 20.3 Å². The molecule has 1 unspecified atom stereocenters. The molecule has 0 aliphatic carbocycles. The van der Waals surface area contributed by atoms with Crippen LogP contribution in [0.5, 0.6) is 11.5 Å². The van der Waals surface area contributed by atoms with E-state index in [0.29, 0.717) is 29.5 Å². The van der Waals surface area contributed by atoms with Crippen molar-refractivity contribution in [2.75, 3.05) is 20.8 Å². The van der Waals surface area contributed by atoms with Gasteiger partial charge in [-0.05, 0) is 54.3 Å². The second-order valence-electron chi connectivity index (χ2n) is 7.31. The third-order valence-corrected chi connectivity index (χ3v) is 5.83. The lowest BCUT2D eigenvalue weighted by Crippen LogP contribution is -2.40. The monoisotopic (exact) mass is 412 g/mol. The van der Waals surface area contributed by atoms with Gasteiger partial charge in [-0.3, -0.25) is 4.79 Å². The van der Waals surface area contributed by atoms with E-state index < -0.39 is 0 Å². The Kier molecular flexibility index (Phi) is 5.41. The Morgan fingerprint density at radius 2 is 1.97 bits per heavy atom. The van der Waals surface area contributed by atoms with E-state index in [1.807, 2.05) is 48.2 Å². The van der Waals surface area contributed by atoms with E-state index in [9.17, 15) is 4.79 Å². The van der Waals surface area contributed by atoms with Crippen LogP contribution in [-0.2, 0) is 11.2 Å². The number of aromatic amines is 1. The van der Waals surface area contributed by atoms with Crippen LogP contribution in [0.1, 0.15) is 42.6 Å². The number of H-pyrrole nitrogens is 1. The fraction of sp³-hybridized carbons (Fsp3) is 0.348. The Hall–Kier alpha value is -2.66. The van der Waals surface area contributed by atoms with Gasteiger partial charge in [0, 0.05) is 34.6 Å². The first-order valence-corrected chi connectivity index (χ1v) is 10.3. The summed E-state index contributed by atoms with van der Waals surface area (Å²) in [5, 5.41) is 1.84. The molecule has 1 aromatic heterocycles. The predicted octanol–water partition coefficient (Wildman–Crippen LogP) is 5.11. The number of carbonyl (C=O) groups excluding carboxylic acids is 1. The van der Waals surface area contributed by atoms with E-state index in [2.05, 4.69) is 4.98 Å². The third-order valence-electron chi connectivity index (χ3n) is 5.60. The van der Waals surface area contributed by atoms with E-state index in [4.69, 9.17) is 21.1 Å². The number of nitrogens with one attached hydrogen (secondary N) is 1. The number of ether oxygens (including phenoxy) is 2. The van der Waals surface area contributed by atoms with Gasteiger partial charge in [-0.2, -0.15) is 0 Å². The van der Waals surface area contributed by atoms with Gasteiger partial charge in [0.2, 0.25) is 5.91 Å². The minimum Gasteiger partial charge on any atom is -0.493 e. The van der Waals surface area contributed by atoms with Gasteiger partial charge in [0.15, 0.2) is 11.5 Å². The second-order valence-corrected chi connectivity index (χ2v) is 7.75. The first kappa shape index (κ1) is 19.6. The fourth-order valence-corrected chi connectivity index (χ4v) is 4.43. The lowest BCUT2D eigenvalue weighted by Gasteiger charge is -2.36. The summed E-state index contributed by atoms with van der Waals surface area (Å²) in [6.07, 6.45) is 2.16. The number of nitrogens with zero attached hydrogens (tertiary/aromatic N) is 1. The molecule has 0 saturated heterocycles. The summed E-state index contributed by atoms with van der Waals surface area (Å²) in [6, 6.07) is 11.5. The minimum atomic E-state index is -0.205. The van der Waals surface area contributed by atoms with Gasteiger partial charge in [-0.15, -0.1) is 0 Å². The average Bonchev–Trinajstić information content (AvgIpc) is 3.10. The highest BCUT2D eigenvalue weighted by Gasteiger charge is 2.34. The zero-order valence-corrected chi connectivity index (χ0v) is 17.7. The molecule has 0 fully saturated rings. The highest BCUT2D eigenvalue weighted by atomic mass is 35.5. The average molecular weight is 413 g/mol. The molecule has 4 rings (SSSR count). The largest absolute Gasteiger partial charge is 0.493 e. The Morgan fingerprint density at radius 3 is 2.69 bits per heavy atom. The van der Waals surface area contributed by atoms with Crippen molar-refractivity contribution in [1.29, 1.82) is 0 Å². The molecule has 29 heavy (non-hydrogen) atoms. The van der Waals surface area contributed by atoms with Crippen LogP contribution in [0.2, 0.25) is 5.02 Å². The van der Waals surface area contributed by atoms with Gasteiger partial charge in [0.1, 0.15) is 0 Å². The first-order valence-electron chi connectivity index (χ1n) is 9.88. The summed E-state index contributed by atoms with van der Waals surface area (Å²) in [5.41, 5.74) is 4.30. The lowest BCUT2D eigenvalue weighted by atomic mass is 9.91. The summed E-state index contributed by atoms with van der Waals surface area (Å²) in [6.45, 7) is 2.70. The Morgan fingerprint density at radius 1 is 1.17 bits per heavy atom. The van der Waals surface area contributed by atoms with Gasteiger partial charge < -0.3 is 19.4 Å². The molecule has 0 radical (unpaired) electrons. The number of amides is 1. The second kappa shape index (κ2) is 7.99. The molecule has 0 bridgehead atoms. The highest BCUT2D eigenvalue weighted by molar-refractivity contribution is 6.31. The van der Waals surface area contributed by atoms with Crippen molar-refractivity contribution in [2.45, 2.75) is 32.2 Å². The van der Waals surface area contributed by atoms with Crippen molar-refractivity contribution in [3.05, 3.63) is 58.2 Å². The van der Waals surface area contributed by atoms with E-state index in [-0.39, 0.29) is 11.9 Å². The van der Waals surface area contributed by atoms with Crippen LogP contribution in [0.3, 0.4) is 0 Å². The van der Waals surface area contributed by atoms with Gasteiger partial charge in [-0.1, -0.05) is 24.6 Å². The molecule has 1 aliphatic rings. The molecule has 0 spiro atoms. The van der Waals surface area contributed by atoms with E-state index in [1.165, 1.54) is 5.56 Å². The van der Waals surface area contributed by atoms with Crippen molar-refractivity contribution >= 4 is 28.4 Å². The fourth-order valence-electron chi connectivity index (χ4n) is 4.26. The predicted molar refractivity (Wildman–Crippen MR) is 115 cm³/mol. The number of halogens is 1. The van der Waals surface area contributed by atoms with E-state index >= 15 is 0 Å². The number of hydrogen-bond donors (Lipinski definition) is 1. The van der Waals surface area contributed by atoms with E-state index in [0.717, 1.165) is 35.0 Å². The SMILES string of the molecule is CCCC(=O)N1CCc2c([nH]c3ccc(Cl)cc23)C1c1ccc(OC)c(OC)c1. The van der Waals surface area contributed by atoms with Crippen LogP contribution >= 0.6 is 11.6 Å². The molecule has 6 heteroatoms. The maximum atomic E-state index is 13.0. The van der Waals surface area contributed by atoms with Gasteiger partial charge in [0.25, 0.3) is 0 Å². The molecule has 1 atom stereocenters. The number of fused-ring (bicyclic) bond motifs is 3. The molecule has 2 aromatic carbocycles. The maximum Gasteiger partial charge on any atom is 0.223 e. The molecule has 0 saturated carbocycles. The standard InChI is InChI=1S/C23H25ClN2O3/c1-4-5-21(27)26-11-10-16-17-13-15(24)7-8-18(17)25-22(16)23(26)14-6-9-19(28-2)20(12-14)29-3/h6-9,12-13,23,25H,4-5,10-11H2,1-3H3. The van der Waals surface area contributed by atoms with Crippen LogP contribution in [0.15, 0.2) is 36.4 Å². The zero-order chi connectivity index (χ0) is 20.5.